The van der Waals surface area contributed by atoms with E-state index in [9.17, 15) is 8.42 Å². The highest BCUT2D eigenvalue weighted by atomic mass is 79.9. The van der Waals surface area contributed by atoms with Gasteiger partial charge in [0.25, 0.3) is 0 Å². The topological polar surface area (TPSA) is 63.4 Å². The maximum Gasteiger partial charge on any atom is 0.236 e. The van der Waals surface area contributed by atoms with Gasteiger partial charge in [-0.05, 0) is 18.2 Å². The Morgan fingerprint density at radius 2 is 2.24 bits per heavy atom. The molecule has 1 aromatic carbocycles. The molecule has 0 fully saturated rings. The zero-order chi connectivity index (χ0) is 12.5. The van der Waals surface area contributed by atoms with Crippen LogP contribution in [0.15, 0.2) is 27.6 Å². The van der Waals surface area contributed by atoms with Crippen LogP contribution in [0.4, 0.5) is 5.69 Å². The van der Waals surface area contributed by atoms with Crippen molar-refractivity contribution >= 4 is 43.4 Å². The molecule has 1 aliphatic rings. The number of anilines is 1. The van der Waals surface area contributed by atoms with Crippen LogP contribution in [0.25, 0.3) is 0 Å². The summed E-state index contributed by atoms with van der Waals surface area (Å²) in [6.45, 7) is 0.666. The Hall–Kier alpha value is -0.240. The normalized spacial score (nSPS) is 15.8. The first kappa shape index (κ1) is 13.2. The molecule has 1 heterocycles. The molecule has 0 saturated heterocycles. The molecular formula is C10H13BrN2O2S2. The van der Waals surface area contributed by atoms with E-state index in [1.54, 1.807) is 11.8 Å². The smallest absolute Gasteiger partial charge is 0.236 e. The van der Waals surface area contributed by atoms with Crippen molar-refractivity contribution in [3.05, 3.63) is 22.7 Å². The Bertz CT molecular complexity index is 519. The lowest BCUT2D eigenvalue weighted by atomic mass is 10.3. The largest absolute Gasteiger partial charge is 0.329 e. The maximum atomic E-state index is 12.1. The van der Waals surface area contributed by atoms with E-state index >= 15 is 0 Å². The lowest BCUT2D eigenvalue weighted by Crippen LogP contribution is -2.38. The second kappa shape index (κ2) is 5.17. The van der Waals surface area contributed by atoms with Gasteiger partial charge in [-0.1, -0.05) is 15.9 Å². The molecule has 1 aliphatic heterocycles. The minimum atomic E-state index is -3.28. The third-order valence-electron chi connectivity index (χ3n) is 2.45. The van der Waals surface area contributed by atoms with Gasteiger partial charge < -0.3 is 5.73 Å². The highest BCUT2D eigenvalue weighted by molar-refractivity contribution is 9.10. The molecule has 0 radical (unpaired) electrons. The third-order valence-corrected chi connectivity index (χ3v) is 5.77. The molecule has 7 heteroatoms. The Morgan fingerprint density at radius 3 is 2.94 bits per heavy atom. The molecular weight excluding hydrogens is 324 g/mol. The van der Waals surface area contributed by atoms with Gasteiger partial charge in [-0.15, -0.1) is 11.8 Å². The van der Waals surface area contributed by atoms with Crippen LogP contribution in [0.1, 0.15) is 0 Å². The van der Waals surface area contributed by atoms with Crippen molar-refractivity contribution in [3.8, 4) is 0 Å². The molecule has 0 saturated carbocycles. The van der Waals surface area contributed by atoms with Crippen LogP contribution < -0.4 is 10.0 Å². The number of nitrogens with two attached hydrogens (primary N) is 1. The molecule has 0 atom stereocenters. The van der Waals surface area contributed by atoms with Crippen LogP contribution in [-0.2, 0) is 10.0 Å². The summed E-state index contributed by atoms with van der Waals surface area (Å²) >= 11 is 5.06. The monoisotopic (exact) mass is 336 g/mol. The van der Waals surface area contributed by atoms with Gasteiger partial charge in [0.2, 0.25) is 10.0 Å². The average Bonchev–Trinajstić information content (AvgIpc) is 2.27. The highest BCUT2D eigenvalue weighted by Crippen LogP contribution is 2.37. The molecule has 0 amide bonds. The molecule has 2 N–H and O–H groups in total. The zero-order valence-corrected chi connectivity index (χ0v) is 12.3. The van der Waals surface area contributed by atoms with Gasteiger partial charge in [0, 0.05) is 28.2 Å². The summed E-state index contributed by atoms with van der Waals surface area (Å²) in [4.78, 5) is 0.992. The number of thioether (sulfide) groups is 1. The van der Waals surface area contributed by atoms with E-state index in [0.717, 1.165) is 20.8 Å². The predicted molar refractivity (Wildman–Crippen MR) is 75.1 cm³/mol. The number of fused-ring (bicyclic) bond motifs is 1. The second-order valence-corrected chi connectivity index (χ2v) is 7.70. The number of sulfonamides is 1. The van der Waals surface area contributed by atoms with Crippen molar-refractivity contribution in [3.63, 3.8) is 0 Å². The number of rotatable bonds is 3. The van der Waals surface area contributed by atoms with Crippen LogP contribution in [-0.4, -0.2) is 33.0 Å². The van der Waals surface area contributed by atoms with Gasteiger partial charge in [0.1, 0.15) is 0 Å². The van der Waals surface area contributed by atoms with Crippen LogP contribution in [0.3, 0.4) is 0 Å². The Labute approximate surface area is 114 Å². The van der Waals surface area contributed by atoms with Crippen LogP contribution >= 0.6 is 27.7 Å². The van der Waals surface area contributed by atoms with Crippen molar-refractivity contribution < 1.29 is 8.42 Å². The molecule has 0 aromatic heterocycles. The van der Waals surface area contributed by atoms with Gasteiger partial charge in [-0.2, -0.15) is 0 Å². The molecule has 1 aromatic rings. The van der Waals surface area contributed by atoms with Gasteiger partial charge in [-0.3, -0.25) is 4.31 Å². The fourth-order valence-electron chi connectivity index (χ4n) is 1.72. The molecule has 0 spiro atoms. The van der Waals surface area contributed by atoms with Crippen molar-refractivity contribution in [1.29, 1.82) is 0 Å². The first-order valence-electron chi connectivity index (χ1n) is 5.17. The summed E-state index contributed by atoms with van der Waals surface area (Å²) in [6.07, 6.45) is 0. The van der Waals surface area contributed by atoms with Crippen LogP contribution in [0, 0.1) is 0 Å². The summed E-state index contributed by atoms with van der Waals surface area (Å²) in [6, 6.07) is 5.64. The summed E-state index contributed by atoms with van der Waals surface area (Å²) in [5.74, 6) is 0.764. The Balaban J connectivity index is 2.42. The van der Waals surface area contributed by atoms with Gasteiger partial charge in [0.05, 0.1) is 11.4 Å². The second-order valence-electron chi connectivity index (χ2n) is 3.64. The number of halogens is 1. The van der Waals surface area contributed by atoms with E-state index < -0.39 is 10.0 Å². The Kier molecular flexibility index (Phi) is 4.02. The van der Waals surface area contributed by atoms with Crippen LogP contribution in [0.5, 0.6) is 0 Å². The first-order valence-corrected chi connectivity index (χ1v) is 8.56. The lowest BCUT2D eigenvalue weighted by molar-refractivity contribution is 0.591. The standard InChI is InChI=1S/C10H13BrN2O2S2/c11-8-1-2-9-10(7-8)16-5-4-13(9)17(14,15)6-3-12/h1-2,7H,3-6,12H2. The molecule has 94 valence electrons. The molecule has 0 unspecified atom stereocenters. The van der Waals surface area contributed by atoms with E-state index in [4.69, 9.17) is 5.73 Å². The number of hydrogen-bond donors (Lipinski definition) is 1. The van der Waals surface area contributed by atoms with Gasteiger partial charge in [-0.25, -0.2) is 8.42 Å². The van der Waals surface area contributed by atoms with Crippen molar-refractivity contribution in [2.75, 3.05) is 28.9 Å². The number of hydrogen-bond acceptors (Lipinski definition) is 4. The zero-order valence-electron chi connectivity index (χ0n) is 9.10. The highest BCUT2D eigenvalue weighted by Gasteiger charge is 2.27. The van der Waals surface area contributed by atoms with Crippen molar-refractivity contribution in [1.82, 2.24) is 0 Å². The number of benzene rings is 1. The molecule has 2 rings (SSSR count). The fraction of sp³-hybridized carbons (Fsp3) is 0.400. The SMILES string of the molecule is NCCS(=O)(=O)N1CCSc2cc(Br)ccc21. The maximum absolute atomic E-state index is 12.1. The Morgan fingerprint density at radius 1 is 1.47 bits per heavy atom. The average molecular weight is 337 g/mol. The minimum Gasteiger partial charge on any atom is -0.329 e. The van der Waals surface area contributed by atoms with E-state index in [-0.39, 0.29) is 12.3 Å². The molecule has 0 bridgehead atoms. The lowest BCUT2D eigenvalue weighted by Gasteiger charge is -2.30. The summed E-state index contributed by atoms with van der Waals surface area (Å²) < 4.78 is 26.5. The first-order chi connectivity index (χ1) is 8.04. The van der Waals surface area contributed by atoms with E-state index in [0.29, 0.717) is 6.54 Å². The van der Waals surface area contributed by atoms with Crippen molar-refractivity contribution in [2.24, 2.45) is 5.73 Å². The molecule has 17 heavy (non-hydrogen) atoms. The minimum absolute atomic E-state index is 0.00678. The van der Waals surface area contributed by atoms with Crippen LogP contribution in [0.2, 0.25) is 0 Å². The quantitative estimate of drug-likeness (QED) is 0.911. The van der Waals surface area contributed by atoms with Crippen molar-refractivity contribution in [2.45, 2.75) is 4.90 Å². The van der Waals surface area contributed by atoms with E-state index in [1.807, 2.05) is 18.2 Å². The summed E-state index contributed by atoms with van der Waals surface area (Å²) in [5.41, 5.74) is 6.11. The third kappa shape index (κ3) is 2.78. The van der Waals surface area contributed by atoms with Gasteiger partial charge >= 0.3 is 0 Å². The summed E-state index contributed by atoms with van der Waals surface area (Å²) in [5, 5.41) is 0. The van der Waals surface area contributed by atoms with E-state index in [1.165, 1.54) is 4.31 Å². The molecule has 4 nitrogen and oxygen atoms in total. The predicted octanol–water partition coefficient (Wildman–Crippen LogP) is 1.65. The van der Waals surface area contributed by atoms with Gasteiger partial charge in [0.15, 0.2) is 0 Å². The van der Waals surface area contributed by atoms with E-state index in [2.05, 4.69) is 15.9 Å². The fourth-order valence-corrected chi connectivity index (χ4v) is 4.78. The summed E-state index contributed by atoms with van der Waals surface area (Å²) in [7, 11) is -3.28. The molecule has 0 aliphatic carbocycles. The number of nitrogens with zero attached hydrogens (tertiary/aromatic N) is 1.